The van der Waals surface area contributed by atoms with Gasteiger partial charge in [-0.15, -0.1) is 0 Å². The Balaban J connectivity index is 1.36. The summed E-state index contributed by atoms with van der Waals surface area (Å²) in [5.41, 5.74) is 9.20. The number of rotatable bonds is 6. The van der Waals surface area contributed by atoms with Crippen molar-refractivity contribution in [3.8, 4) is 17.2 Å². The molecule has 0 spiro atoms. The number of nitrogens with two attached hydrogens (primary N) is 1. The van der Waals surface area contributed by atoms with Crippen molar-refractivity contribution in [3.63, 3.8) is 0 Å². The van der Waals surface area contributed by atoms with E-state index in [0.29, 0.717) is 23.9 Å². The third kappa shape index (κ3) is 3.81. The maximum Gasteiger partial charge on any atom is 0.227 e. The van der Waals surface area contributed by atoms with Crippen molar-refractivity contribution in [1.82, 2.24) is 9.88 Å². The van der Waals surface area contributed by atoms with Crippen molar-refractivity contribution in [1.29, 1.82) is 0 Å². The summed E-state index contributed by atoms with van der Waals surface area (Å²) in [6.07, 6.45) is 0.965. The van der Waals surface area contributed by atoms with Crippen molar-refractivity contribution in [2.24, 2.45) is 0 Å². The molecule has 0 bridgehead atoms. The summed E-state index contributed by atoms with van der Waals surface area (Å²) in [5, 5.41) is 0. The molecule has 136 valence electrons. The second kappa shape index (κ2) is 7.76. The Morgan fingerprint density at radius 2 is 1.96 bits per heavy atom. The van der Waals surface area contributed by atoms with Gasteiger partial charge in [0.15, 0.2) is 5.58 Å². The standard InChI is InChI=1S/C20H23N3O3/c21-16-14-15(20-22-17-4-1-2-5-19(17)26-20)6-7-18(16)25-11-3-8-23-9-12-24-13-10-23/h1-2,4-7,14H,3,8-13,21H2. The zero-order valence-electron chi connectivity index (χ0n) is 14.7. The number of fused-ring (bicyclic) bond motifs is 1. The second-order valence-electron chi connectivity index (χ2n) is 6.40. The van der Waals surface area contributed by atoms with Crippen LogP contribution in [-0.4, -0.2) is 49.3 Å². The van der Waals surface area contributed by atoms with Crippen molar-refractivity contribution in [2.75, 3.05) is 45.2 Å². The van der Waals surface area contributed by atoms with Crippen LogP contribution in [0.3, 0.4) is 0 Å². The molecule has 4 rings (SSSR count). The molecule has 3 aromatic rings. The van der Waals surface area contributed by atoms with E-state index in [1.165, 1.54) is 0 Å². The molecular weight excluding hydrogens is 330 g/mol. The van der Waals surface area contributed by atoms with Gasteiger partial charge in [-0.05, 0) is 36.8 Å². The van der Waals surface area contributed by atoms with E-state index in [-0.39, 0.29) is 0 Å². The van der Waals surface area contributed by atoms with Crippen LogP contribution >= 0.6 is 0 Å². The lowest BCUT2D eigenvalue weighted by atomic mass is 10.2. The average molecular weight is 353 g/mol. The number of benzene rings is 2. The molecule has 1 saturated heterocycles. The first-order chi connectivity index (χ1) is 12.8. The minimum absolute atomic E-state index is 0.566. The smallest absolute Gasteiger partial charge is 0.227 e. The van der Waals surface area contributed by atoms with E-state index in [4.69, 9.17) is 19.6 Å². The Kier molecular flexibility index (Phi) is 5.04. The van der Waals surface area contributed by atoms with E-state index in [9.17, 15) is 0 Å². The van der Waals surface area contributed by atoms with Crippen LogP contribution in [0.1, 0.15) is 6.42 Å². The predicted molar refractivity (Wildman–Crippen MR) is 101 cm³/mol. The minimum atomic E-state index is 0.566. The van der Waals surface area contributed by atoms with Crippen molar-refractivity contribution < 1.29 is 13.9 Å². The average Bonchev–Trinajstić information content (AvgIpc) is 3.11. The molecule has 6 nitrogen and oxygen atoms in total. The summed E-state index contributed by atoms with van der Waals surface area (Å²) >= 11 is 0. The van der Waals surface area contributed by atoms with Crippen molar-refractivity contribution in [3.05, 3.63) is 42.5 Å². The molecule has 2 aromatic carbocycles. The molecule has 26 heavy (non-hydrogen) atoms. The topological polar surface area (TPSA) is 73.8 Å². The van der Waals surface area contributed by atoms with Crippen LogP contribution in [0.15, 0.2) is 46.9 Å². The first kappa shape index (κ1) is 16.9. The maximum absolute atomic E-state index is 6.16. The van der Waals surface area contributed by atoms with Crippen LogP contribution in [-0.2, 0) is 4.74 Å². The quantitative estimate of drug-likeness (QED) is 0.542. The highest BCUT2D eigenvalue weighted by Crippen LogP contribution is 2.30. The van der Waals surface area contributed by atoms with Crippen LogP contribution in [0.25, 0.3) is 22.6 Å². The van der Waals surface area contributed by atoms with Crippen LogP contribution in [0.2, 0.25) is 0 Å². The van der Waals surface area contributed by atoms with E-state index >= 15 is 0 Å². The predicted octanol–water partition coefficient (Wildman–Crippen LogP) is 3.18. The summed E-state index contributed by atoms with van der Waals surface area (Å²) in [6.45, 7) is 5.31. The highest BCUT2D eigenvalue weighted by molar-refractivity contribution is 5.77. The number of hydrogen-bond acceptors (Lipinski definition) is 6. The summed E-state index contributed by atoms with van der Waals surface area (Å²) in [5.74, 6) is 1.27. The number of aromatic nitrogens is 1. The Labute approximate surface area is 152 Å². The fourth-order valence-corrected chi connectivity index (χ4v) is 3.10. The van der Waals surface area contributed by atoms with E-state index in [1.54, 1.807) is 0 Å². The molecule has 0 saturated carbocycles. The number of morpholine rings is 1. The lowest BCUT2D eigenvalue weighted by Crippen LogP contribution is -2.37. The van der Waals surface area contributed by atoms with Gasteiger partial charge in [-0.25, -0.2) is 4.98 Å². The fraction of sp³-hybridized carbons (Fsp3) is 0.350. The minimum Gasteiger partial charge on any atom is -0.491 e. The zero-order chi connectivity index (χ0) is 17.8. The molecule has 1 aliphatic heterocycles. The highest BCUT2D eigenvalue weighted by atomic mass is 16.5. The number of ether oxygens (including phenoxy) is 2. The summed E-state index contributed by atoms with van der Waals surface area (Å²) in [6, 6.07) is 13.4. The highest BCUT2D eigenvalue weighted by Gasteiger charge is 2.11. The van der Waals surface area contributed by atoms with Gasteiger partial charge in [0, 0.05) is 25.2 Å². The molecular formula is C20H23N3O3. The van der Waals surface area contributed by atoms with E-state index in [0.717, 1.165) is 55.9 Å². The first-order valence-corrected chi connectivity index (χ1v) is 8.98. The van der Waals surface area contributed by atoms with E-state index < -0.39 is 0 Å². The van der Waals surface area contributed by atoms with Gasteiger partial charge in [0.1, 0.15) is 11.3 Å². The van der Waals surface area contributed by atoms with E-state index in [2.05, 4.69) is 9.88 Å². The molecule has 2 N–H and O–H groups in total. The van der Waals surface area contributed by atoms with Gasteiger partial charge in [0.2, 0.25) is 5.89 Å². The third-order valence-corrected chi connectivity index (χ3v) is 4.53. The maximum atomic E-state index is 6.16. The first-order valence-electron chi connectivity index (χ1n) is 8.98. The molecule has 1 fully saturated rings. The molecule has 2 heterocycles. The third-order valence-electron chi connectivity index (χ3n) is 4.53. The van der Waals surface area contributed by atoms with Gasteiger partial charge in [-0.1, -0.05) is 12.1 Å². The molecule has 1 aromatic heterocycles. The SMILES string of the molecule is Nc1cc(-c2nc3ccccc3o2)ccc1OCCCN1CCOCC1. The summed E-state index contributed by atoms with van der Waals surface area (Å²) < 4.78 is 17.0. The van der Waals surface area contributed by atoms with Crippen molar-refractivity contribution >= 4 is 16.8 Å². The Morgan fingerprint density at radius 3 is 2.77 bits per heavy atom. The lowest BCUT2D eigenvalue weighted by molar-refractivity contribution is 0.0358. The number of hydrogen-bond donors (Lipinski definition) is 1. The lowest BCUT2D eigenvalue weighted by Gasteiger charge is -2.26. The van der Waals surface area contributed by atoms with E-state index in [1.807, 2.05) is 42.5 Å². The van der Waals surface area contributed by atoms with Crippen LogP contribution in [0.4, 0.5) is 5.69 Å². The number of nitrogens with zero attached hydrogens (tertiary/aromatic N) is 2. The summed E-state index contributed by atoms with van der Waals surface area (Å²) in [7, 11) is 0. The molecule has 6 heteroatoms. The molecule has 0 atom stereocenters. The van der Waals surface area contributed by atoms with Crippen LogP contribution in [0, 0.1) is 0 Å². The largest absolute Gasteiger partial charge is 0.491 e. The Hall–Kier alpha value is -2.57. The molecule has 0 radical (unpaired) electrons. The fourth-order valence-electron chi connectivity index (χ4n) is 3.10. The number of para-hydroxylation sites is 2. The van der Waals surface area contributed by atoms with Gasteiger partial charge in [-0.2, -0.15) is 0 Å². The monoisotopic (exact) mass is 353 g/mol. The normalized spacial score (nSPS) is 15.4. The number of anilines is 1. The second-order valence-corrected chi connectivity index (χ2v) is 6.40. The number of oxazole rings is 1. The summed E-state index contributed by atoms with van der Waals surface area (Å²) in [4.78, 5) is 6.90. The number of nitrogen functional groups attached to an aromatic ring is 1. The van der Waals surface area contributed by atoms with Gasteiger partial charge in [0.05, 0.1) is 25.5 Å². The van der Waals surface area contributed by atoms with Gasteiger partial charge in [0.25, 0.3) is 0 Å². The zero-order valence-corrected chi connectivity index (χ0v) is 14.7. The van der Waals surface area contributed by atoms with Gasteiger partial charge >= 0.3 is 0 Å². The molecule has 0 amide bonds. The Morgan fingerprint density at radius 1 is 1.12 bits per heavy atom. The molecule has 0 unspecified atom stereocenters. The van der Waals surface area contributed by atoms with Gasteiger partial charge in [-0.3, -0.25) is 4.90 Å². The molecule has 0 aliphatic carbocycles. The van der Waals surface area contributed by atoms with Gasteiger partial charge < -0.3 is 19.6 Å². The Bertz CT molecular complexity index is 839. The van der Waals surface area contributed by atoms with Crippen LogP contribution in [0.5, 0.6) is 5.75 Å². The van der Waals surface area contributed by atoms with Crippen LogP contribution < -0.4 is 10.5 Å². The van der Waals surface area contributed by atoms with Crippen molar-refractivity contribution in [2.45, 2.75) is 6.42 Å². The molecule has 1 aliphatic rings.